The summed E-state index contributed by atoms with van der Waals surface area (Å²) in [5, 5.41) is 19.0. The molecule has 1 unspecified atom stereocenters. The van der Waals surface area contributed by atoms with Gasteiger partial charge in [0.2, 0.25) is 0 Å². The lowest BCUT2D eigenvalue weighted by atomic mass is 10.1. The Labute approximate surface area is 210 Å². The fourth-order valence-electron chi connectivity index (χ4n) is 4.71. The van der Waals surface area contributed by atoms with Crippen LogP contribution in [0, 0.1) is 0 Å². The Hall–Kier alpha value is -2.01. The lowest BCUT2D eigenvalue weighted by Gasteiger charge is -2.32. The van der Waals surface area contributed by atoms with Crippen LogP contribution in [0.4, 0.5) is 0 Å². The molecule has 0 amide bonds. The zero-order chi connectivity index (χ0) is 24.0. The van der Waals surface area contributed by atoms with E-state index in [2.05, 4.69) is 35.7 Å². The maximum Gasteiger partial charge on any atom is 0.150 e. The van der Waals surface area contributed by atoms with Crippen LogP contribution in [0.1, 0.15) is 31.2 Å². The van der Waals surface area contributed by atoms with Gasteiger partial charge in [0.15, 0.2) is 0 Å². The van der Waals surface area contributed by atoms with Gasteiger partial charge in [-0.05, 0) is 25.3 Å². The van der Waals surface area contributed by atoms with E-state index in [9.17, 15) is 5.11 Å². The number of aliphatic hydroxyl groups is 1. The van der Waals surface area contributed by atoms with Crippen LogP contribution < -0.4 is 11.0 Å². The molecule has 0 spiro atoms. The van der Waals surface area contributed by atoms with E-state index in [1.54, 1.807) is 6.07 Å². The van der Waals surface area contributed by atoms with E-state index < -0.39 is 8.07 Å². The summed E-state index contributed by atoms with van der Waals surface area (Å²) in [6.45, 7) is 7.50. The fraction of sp³-hybridized carbons (Fsp3) is 0.435. The molecule has 183 valence electrons. The predicted octanol–water partition coefficient (Wildman–Crippen LogP) is 4.96. The van der Waals surface area contributed by atoms with Gasteiger partial charge in [-0.2, -0.15) is 24.7 Å². The zero-order valence-corrected chi connectivity index (χ0v) is 22.1. The van der Waals surface area contributed by atoms with Crippen LogP contribution in [0.5, 0.6) is 0 Å². The van der Waals surface area contributed by atoms with Crippen LogP contribution in [0.2, 0.25) is 29.7 Å². The summed E-state index contributed by atoms with van der Waals surface area (Å²) >= 11 is 13.2. The first-order valence-corrected chi connectivity index (χ1v) is 16.0. The summed E-state index contributed by atoms with van der Waals surface area (Å²) in [4.78, 5) is 0. The number of aliphatic hydroxyl groups excluding tert-OH is 1. The topological polar surface area (TPSA) is 79.5 Å². The number of nitrogens with zero attached hydrogens (tertiary/aromatic N) is 4. The Morgan fingerprint density at radius 3 is 2.76 bits per heavy atom. The van der Waals surface area contributed by atoms with Crippen molar-refractivity contribution in [2.75, 3.05) is 12.8 Å². The minimum atomic E-state index is -1.36. The van der Waals surface area contributed by atoms with Crippen molar-refractivity contribution < 1.29 is 9.84 Å². The number of aromatic nitrogens is 3. The third-order valence-corrected chi connectivity index (χ3v) is 8.19. The summed E-state index contributed by atoms with van der Waals surface area (Å²) in [6.07, 6.45) is 9.82. The van der Waals surface area contributed by atoms with Crippen molar-refractivity contribution in [3.63, 3.8) is 0 Å². The van der Waals surface area contributed by atoms with Crippen molar-refractivity contribution >= 4 is 48.0 Å². The molecule has 1 atom stereocenters. The highest BCUT2D eigenvalue weighted by molar-refractivity contribution is 6.76. The molecule has 1 fully saturated rings. The van der Waals surface area contributed by atoms with E-state index in [0.717, 1.165) is 59.9 Å². The number of ether oxygens (including phenoxy) is 1. The Bertz CT molecular complexity index is 1240. The van der Waals surface area contributed by atoms with E-state index >= 15 is 0 Å². The molecule has 3 N–H and O–H groups in total. The van der Waals surface area contributed by atoms with Gasteiger partial charge in [-0.3, -0.25) is 9.99 Å². The number of nitrogens with one attached hydrogen (secondary N) is 2. The molecule has 0 aliphatic carbocycles. The maximum absolute atomic E-state index is 10.6. The second-order valence-electron chi connectivity index (χ2n) is 10.0. The first kappa shape index (κ1) is 23.7. The molecule has 1 saturated heterocycles. The molecule has 3 aromatic rings. The van der Waals surface area contributed by atoms with E-state index in [1.165, 1.54) is 0 Å². The Morgan fingerprint density at radius 1 is 1.24 bits per heavy atom. The number of rotatable bonds is 6. The van der Waals surface area contributed by atoms with Gasteiger partial charge >= 0.3 is 0 Å². The number of hydrogen-bond donors (Lipinski definition) is 3. The molecule has 2 aliphatic heterocycles. The van der Waals surface area contributed by atoms with Gasteiger partial charge in [0, 0.05) is 29.3 Å². The first-order valence-electron chi connectivity index (χ1n) is 11.6. The highest BCUT2D eigenvalue weighted by Crippen LogP contribution is 2.42. The molecule has 0 bridgehead atoms. The molecule has 11 heteroatoms. The summed E-state index contributed by atoms with van der Waals surface area (Å²) in [5.41, 5.74) is 9.69. The van der Waals surface area contributed by atoms with E-state index in [4.69, 9.17) is 27.9 Å². The summed E-state index contributed by atoms with van der Waals surface area (Å²) in [5.74, 6) is 0.769. The lowest BCUT2D eigenvalue weighted by Crippen LogP contribution is -2.45. The normalized spacial score (nSPS) is 19.1. The molecule has 2 aromatic heterocycles. The number of benzene rings is 1. The molecule has 8 nitrogen and oxygen atoms in total. The highest BCUT2D eigenvalue weighted by atomic mass is 35.5. The zero-order valence-electron chi connectivity index (χ0n) is 19.6. The van der Waals surface area contributed by atoms with Crippen LogP contribution in [-0.2, 0) is 11.3 Å². The highest BCUT2D eigenvalue weighted by Gasteiger charge is 2.27. The Balaban J connectivity index is 1.65. The van der Waals surface area contributed by atoms with Gasteiger partial charge in [0.1, 0.15) is 12.0 Å². The van der Waals surface area contributed by atoms with Crippen molar-refractivity contribution in [1.82, 2.24) is 30.3 Å². The van der Waals surface area contributed by atoms with Crippen molar-refractivity contribution in [3.8, 4) is 11.1 Å². The van der Waals surface area contributed by atoms with Crippen molar-refractivity contribution in [1.29, 1.82) is 0 Å². The molecule has 5 rings (SSSR count). The van der Waals surface area contributed by atoms with Crippen LogP contribution in [0.3, 0.4) is 0 Å². The smallest absolute Gasteiger partial charge is 0.150 e. The van der Waals surface area contributed by atoms with Crippen LogP contribution in [-0.4, -0.2) is 45.3 Å². The molecule has 0 radical (unpaired) electrons. The Morgan fingerprint density at radius 2 is 2.06 bits per heavy atom. The number of hydrazine groups is 2. The van der Waals surface area contributed by atoms with Gasteiger partial charge in [0.25, 0.3) is 0 Å². The van der Waals surface area contributed by atoms with Crippen LogP contribution in [0.25, 0.3) is 27.9 Å². The maximum atomic E-state index is 10.6. The average Bonchev–Trinajstić information content (AvgIpc) is 3.52. The van der Waals surface area contributed by atoms with Gasteiger partial charge < -0.3 is 14.9 Å². The van der Waals surface area contributed by atoms with E-state index in [-0.39, 0.29) is 12.8 Å². The monoisotopic (exact) mass is 520 g/mol. The summed E-state index contributed by atoms with van der Waals surface area (Å²) in [6, 6.07) is 3.74. The molecule has 1 aromatic carbocycles. The lowest BCUT2D eigenvalue weighted by molar-refractivity contribution is -0.0394. The summed E-state index contributed by atoms with van der Waals surface area (Å²) < 4.78 is 9.73. The summed E-state index contributed by atoms with van der Waals surface area (Å²) in [7, 11) is -1.36. The molecule has 34 heavy (non-hydrogen) atoms. The van der Waals surface area contributed by atoms with Crippen molar-refractivity contribution in [2.24, 2.45) is 0 Å². The minimum absolute atomic E-state index is 0.0648. The molecule has 0 saturated carbocycles. The van der Waals surface area contributed by atoms with Gasteiger partial charge in [0.05, 0.1) is 40.3 Å². The van der Waals surface area contributed by atoms with Gasteiger partial charge in [-0.1, -0.05) is 35.4 Å². The van der Waals surface area contributed by atoms with Gasteiger partial charge in [-0.15, -0.1) is 13.6 Å². The molecular weight excluding hydrogens is 491 g/mol. The van der Waals surface area contributed by atoms with E-state index in [0.29, 0.717) is 15.7 Å². The van der Waals surface area contributed by atoms with Crippen molar-refractivity contribution in [3.05, 3.63) is 46.5 Å². The first-order chi connectivity index (χ1) is 16.3. The SMILES string of the molecule is C[Si-](C)(C)CN1C=C(n2c(CO)c(-c3cnn(C4CCCCO4)c3)c3ccc(Cl)c(Cl)c32)NN1. The fourth-order valence-corrected chi connectivity index (χ4v) is 6.30. The average molecular weight is 522 g/mol. The van der Waals surface area contributed by atoms with Crippen LogP contribution in [0.15, 0.2) is 30.7 Å². The number of hydrogen-bond acceptors (Lipinski definition) is 6. The minimum Gasteiger partial charge on any atom is -0.390 e. The second-order valence-corrected chi connectivity index (χ2v) is 16.3. The molecule has 2 aliphatic rings. The van der Waals surface area contributed by atoms with Crippen LogP contribution >= 0.6 is 23.2 Å². The predicted molar refractivity (Wildman–Crippen MR) is 139 cm³/mol. The van der Waals surface area contributed by atoms with Crippen molar-refractivity contribution in [2.45, 2.75) is 51.7 Å². The quantitative estimate of drug-likeness (QED) is 0.398. The third kappa shape index (κ3) is 4.36. The largest absolute Gasteiger partial charge is 0.390 e. The molecular formula is C23H30Cl2N6O2Si-. The van der Waals surface area contributed by atoms with E-state index in [1.807, 2.05) is 38.9 Å². The van der Waals surface area contributed by atoms with Gasteiger partial charge in [-0.25, -0.2) is 4.68 Å². The third-order valence-electron chi connectivity index (χ3n) is 6.10. The number of halogens is 2. The number of fused-ring (bicyclic) bond motifs is 1. The second kappa shape index (κ2) is 9.22. The molecule has 4 heterocycles. The Kier molecular flexibility index (Phi) is 6.43. The standard InChI is InChI=1S/C23H30Cl2N6O2Si/c1-34(2,3)14-29-12-19(27-28-29)31-18(13-32)21(16-7-8-17(24)22(25)23(16)31)15-10-26-30(11-15)20-6-4-5-9-33-20/h7-8,10-12,20,27-28,32H,4-6,9,13-14H2,1-3H3/q-1.